The van der Waals surface area contributed by atoms with Crippen molar-refractivity contribution < 1.29 is 5.11 Å². The van der Waals surface area contributed by atoms with Crippen LogP contribution in [0.3, 0.4) is 0 Å². The molecule has 2 aromatic carbocycles. The molecule has 2 heteroatoms. The van der Waals surface area contributed by atoms with Crippen LogP contribution in [0.1, 0.15) is 12.0 Å². The molecule has 80 valence electrons. The van der Waals surface area contributed by atoms with Crippen molar-refractivity contribution in [3.05, 3.63) is 48.0 Å². The molecule has 1 unspecified atom stereocenters. The van der Waals surface area contributed by atoms with Gasteiger partial charge in [-0.1, -0.05) is 42.5 Å². The number of benzene rings is 2. The Labute approximate surface area is 94.8 Å². The molecule has 0 heterocycles. The molecule has 2 nitrogen and oxygen atoms in total. The van der Waals surface area contributed by atoms with E-state index in [1.54, 1.807) is 0 Å². The second-order valence-corrected chi connectivity index (χ2v) is 3.87. The van der Waals surface area contributed by atoms with Crippen LogP contribution in [0.15, 0.2) is 42.5 Å². The first-order valence-corrected chi connectivity index (χ1v) is 5.35. The van der Waals surface area contributed by atoms with E-state index in [9.17, 15) is 5.11 Å². The van der Waals surface area contributed by atoms with Crippen LogP contribution in [-0.4, -0.2) is 11.2 Å². The summed E-state index contributed by atoms with van der Waals surface area (Å²) in [7, 11) is 0. The van der Waals surface area contributed by atoms with Crippen molar-refractivity contribution in [3.8, 4) is 6.07 Å². The molecule has 0 saturated heterocycles. The highest BCUT2D eigenvalue weighted by Crippen LogP contribution is 2.16. The van der Waals surface area contributed by atoms with Gasteiger partial charge in [0.05, 0.1) is 6.07 Å². The van der Waals surface area contributed by atoms with E-state index in [0.717, 1.165) is 12.0 Å². The predicted octanol–water partition coefficient (Wildman–Crippen LogP) is 2.66. The smallest absolute Gasteiger partial charge is 0.140 e. The number of rotatable bonds is 3. The lowest BCUT2D eigenvalue weighted by Gasteiger charge is -2.04. The maximum Gasteiger partial charge on any atom is 0.140 e. The van der Waals surface area contributed by atoms with Gasteiger partial charge < -0.3 is 5.11 Å². The number of hydrogen-bond donors (Lipinski definition) is 1. The van der Waals surface area contributed by atoms with Crippen LogP contribution >= 0.6 is 0 Å². The first kappa shape index (κ1) is 10.7. The topological polar surface area (TPSA) is 44.0 Å². The maximum absolute atomic E-state index is 9.17. The molecule has 2 rings (SSSR count). The summed E-state index contributed by atoms with van der Waals surface area (Å²) in [6, 6.07) is 16.2. The van der Waals surface area contributed by atoms with Gasteiger partial charge in [-0.05, 0) is 29.2 Å². The fourth-order valence-electron chi connectivity index (χ4n) is 1.76. The molecule has 2 aromatic rings. The van der Waals surface area contributed by atoms with Crippen molar-refractivity contribution in [1.29, 1.82) is 5.26 Å². The molecule has 0 aliphatic heterocycles. The van der Waals surface area contributed by atoms with E-state index in [2.05, 4.69) is 24.3 Å². The van der Waals surface area contributed by atoms with E-state index in [4.69, 9.17) is 5.26 Å². The Morgan fingerprint density at radius 3 is 2.62 bits per heavy atom. The molecule has 0 amide bonds. The third-order valence-electron chi connectivity index (χ3n) is 2.67. The Bertz CT molecular complexity index is 527. The molecule has 0 aromatic heterocycles. The summed E-state index contributed by atoms with van der Waals surface area (Å²) in [4.78, 5) is 0. The maximum atomic E-state index is 9.17. The minimum absolute atomic E-state index is 0.495. The Kier molecular flexibility index (Phi) is 3.19. The predicted molar refractivity (Wildman–Crippen MR) is 63.9 cm³/mol. The average Bonchev–Trinajstić information content (AvgIpc) is 2.35. The summed E-state index contributed by atoms with van der Waals surface area (Å²) in [6.45, 7) is 0. The summed E-state index contributed by atoms with van der Waals surface area (Å²) in [5, 5.41) is 20.1. The first-order chi connectivity index (χ1) is 7.79. The van der Waals surface area contributed by atoms with E-state index >= 15 is 0 Å². The lowest BCUT2D eigenvalue weighted by atomic mass is 10.0. The lowest BCUT2D eigenvalue weighted by molar-refractivity contribution is 0.220. The van der Waals surface area contributed by atoms with Crippen molar-refractivity contribution >= 4 is 10.8 Å². The third kappa shape index (κ3) is 2.39. The van der Waals surface area contributed by atoms with Crippen LogP contribution < -0.4 is 0 Å². The van der Waals surface area contributed by atoms with E-state index in [-0.39, 0.29) is 0 Å². The van der Waals surface area contributed by atoms with Crippen molar-refractivity contribution in [1.82, 2.24) is 0 Å². The van der Waals surface area contributed by atoms with E-state index in [1.165, 1.54) is 10.8 Å². The quantitative estimate of drug-likeness (QED) is 0.793. The van der Waals surface area contributed by atoms with Crippen LogP contribution in [-0.2, 0) is 6.42 Å². The van der Waals surface area contributed by atoms with E-state index < -0.39 is 6.10 Å². The average molecular weight is 211 g/mol. The number of hydrogen-bond acceptors (Lipinski definition) is 2. The molecule has 0 saturated carbocycles. The van der Waals surface area contributed by atoms with Crippen LogP contribution in [0.2, 0.25) is 0 Å². The zero-order chi connectivity index (χ0) is 11.4. The first-order valence-electron chi connectivity index (χ1n) is 5.35. The van der Waals surface area contributed by atoms with Gasteiger partial charge in [0, 0.05) is 0 Å². The SMILES string of the molecule is N#CC(O)CCc1ccc2ccccc2c1. The zero-order valence-electron chi connectivity index (χ0n) is 8.93. The fourth-order valence-corrected chi connectivity index (χ4v) is 1.76. The highest BCUT2D eigenvalue weighted by Gasteiger charge is 2.02. The second-order valence-electron chi connectivity index (χ2n) is 3.87. The zero-order valence-corrected chi connectivity index (χ0v) is 8.93. The normalized spacial score (nSPS) is 12.2. The second kappa shape index (κ2) is 4.78. The number of aryl methyl sites for hydroxylation is 1. The van der Waals surface area contributed by atoms with Gasteiger partial charge >= 0.3 is 0 Å². The van der Waals surface area contributed by atoms with Crippen molar-refractivity contribution in [3.63, 3.8) is 0 Å². The summed E-state index contributed by atoms with van der Waals surface area (Å²) in [6.07, 6.45) is 0.375. The van der Waals surface area contributed by atoms with Crippen LogP contribution in [0, 0.1) is 11.3 Å². The van der Waals surface area contributed by atoms with Crippen LogP contribution in [0.5, 0.6) is 0 Å². The Morgan fingerprint density at radius 2 is 1.88 bits per heavy atom. The number of fused-ring (bicyclic) bond motifs is 1. The molecule has 0 aliphatic carbocycles. The van der Waals surface area contributed by atoms with Gasteiger partial charge in [-0.3, -0.25) is 0 Å². The fraction of sp³-hybridized carbons (Fsp3) is 0.214. The summed E-state index contributed by atoms with van der Waals surface area (Å²) < 4.78 is 0. The lowest BCUT2D eigenvalue weighted by Crippen LogP contribution is -2.03. The number of aliphatic hydroxyl groups excluding tert-OH is 1. The third-order valence-corrected chi connectivity index (χ3v) is 2.67. The minimum Gasteiger partial charge on any atom is -0.378 e. The molecular formula is C14H13NO. The molecule has 0 aliphatic rings. The molecule has 0 spiro atoms. The molecule has 1 N–H and O–H groups in total. The van der Waals surface area contributed by atoms with E-state index in [0.29, 0.717) is 6.42 Å². The van der Waals surface area contributed by atoms with Crippen LogP contribution in [0.25, 0.3) is 10.8 Å². The van der Waals surface area contributed by atoms with Gasteiger partial charge in [0.2, 0.25) is 0 Å². The van der Waals surface area contributed by atoms with Gasteiger partial charge in [-0.15, -0.1) is 0 Å². The Morgan fingerprint density at radius 1 is 1.12 bits per heavy atom. The standard InChI is InChI=1S/C14H13NO/c15-10-14(16)8-6-11-5-7-12-3-1-2-4-13(12)9-11/h1-5,7,9,14,16H,6,8H2. The van der Waals surface area contributed by atoms with Crippen molar-refractivity contribution in [2.75, 3.05) is 0 Å². The van der Waals surface area contributed by atoms with Crippen molar-refractivity contribution in [2.24, 2.45) is 0 Å². The van der Waals surface area contributed by atoms with E-state index in [1.807, 2.05) is 24.3 Å². The summed E-state index contributed by atoms with van der Waals surface area (Å²) in [5.41, 5.74) is 1.16. The molecule has 0 fully saturated rings. The van der Waals surface area contributed by atoms with Gasteiger partial charge in [-0.25, -0.2) is 0 Å². The minimum atomic E-state index is -0.855. The summed E-state index contributed by atoms with van der Waals surface area (Å²) >= 11 is 0. The van der Waals surface area contributed by atoms with Crippen molar-refractivity contribution in [2.45, 2.75) is 18.9 Å². The largest absolute Gasteiger partial charge is 0.378 e. The number of aliphatic hydroxyl groups is 1. The molecular weight excluding hydrogens is 198 g/mol. The Hall–Kier alpha value is -1.85. The van der Waals surface area contributed by atoms with Crippen LogP contribution in [0.4, 0.5) is 0 Å². The molecule has 16 heavy (non-hydrogen) atoms. The monoisotopic (exact) mass is 211 g/mol. The number of nitrogens with zero attached hydrogens (tertiary/aromatic N) is 1. The van der Waals surface area contributed by atoms with Gasteiger partial charge in [-0.2, -0.15) is 5.26 Å². The van der Waals surface area contributed by atoms with Gasteiger partial charge in [0.25, 0.3) is 0 Å². The number of nitriles is 1. The summed E-state index contributed by atoms with van der Waals surface area (Å²) in [5.74, 6) is 0. The molecule has 0 radical (unpaired) electrons. The highest BCUT2D eigenvalue weighted by atomic mass is 16.3. The molecule has 0 bridgehead atoms. The molecule has 1 atom stereocenters. The van der Waals surface area contributed by atoms with Gasteiger partial charge in [0.1, 0.15) is 6.10 Å². The highest BCUT2D eigenvalue weighted by molar-refractivity contribution is 5.82. The Balaban J connectivity index is 2.17. The van der Waals surface area contributed by atoms with Gasteiger partial charge in [0.15, 0.2) is 0 Å².